The molecule has 0 radical (unpaired) electrons. The van der Waals surface area contributed by atoms with Crippen molar-refractivity contribution in [1.82, 2.24) is 9.29 Å². The van der Waals surface area contributed by atoms with E-state index < -0.39 is 16.0 Å². The van der Waals surface area contributed by atoms with Gasteiger partial charge in [-0.25, -0.2) is 18.2 Å². The van der Waals surface area contributed by atoms with Crippen molar-refractivity contribution in [2.24, 2.45) is 0 Å². The molecule has 1 fully saturated rings. The average Bonchev–Trinajstić information content (AvgIpc) is 2.80. The molecule has 7 nitrogen and oxygen atoms in total. The lowest BCUT2D eigenvalue weighted by Crippen LogP contribution is -2.42. The molecule has 1 aliphatic heterocycles. The first-order valence-corrected chi connectivity index (χ1v) is 11.8. The van der Waals surface area contributed by atoms with Crippen LogP contribution in [0.4, 0.5) is 5.82 Å². The van der Waals surface area contributed by atoms with Gasteiger partial charge in [0.25, 0.3) is 0 Å². The molecule has 31 heavy (non-hydrogen) atoms. The molecule has 2 heterocycles. The number of ether oxygens (including phenoxy) is 1. The van der Waals surface area contributed by atoms with E-state index in [0.717, 1.165) is 10.8 Å². The fourth-order valence-corrected chi connectivity index (χ4v) is 5.25. The van der Waals surface area contributed by atoms with E-state index in [0.29, 0.717) is 48.8 Å². The highest BCUT2D eigenvalue weighted by atomic mass is 32.2. The van der Waals surface area contributed by atoms with Crippen LogP contribution in [0.5, 0.6) is 0 Å². The third-order valence-corrected chi connectivity index (χ3v) is 7.33. The summed E-state index contributed by atoms with van der Waals surface area (Å²) in [5, 5.41) is 5.26. The summed E-state index contributed by atoms with van der Waals surface area (Å²) >= 11 is 0. The molecule has 162 valence electrons. The van der Waals surface area contributed by atoms with Gasteiger partial charge in [-0.05, 0) is 54.8 Å². The lowest BCUT2D eigenvalue weighted by molar-refractivity contribution is 0.0526. The summed E-state index contributed by atoms with van der Waals surface area (Å²) in [6.07, 6.45) is 2.84. The molecular formula is C23H25N3O4S. The molecule has 0 unspecified atom stereocenters. The molecule has 0 aliphatic carbocycles. The normalized spacial score (nSPS) is 15.6. The third-order valence-electron chi connectivity index (χ3n) is 5.44. The molecule has 0 spiro atoms. The highest BCUT2D eigenvalue weighted by Crippen LogP contribution is 2.25. The molecule has 2 aromatic carbocycles. The SMILES string of the molecule is CCOC(=O)c1ccc(NC2CCN(S(=O)(=O)c3ccc4ccccc4c3)CC2)nc1. The number of carbonyl (C=O) groups excluding carboxylic acids is 1. The summed E-state index contributed by atoms with van der Waals surface area (Å²) in [7, 11) is -3.53. The fourth-order valence-electron chi connectivity index (χ4n) is 3.74. The number of hydrogen-bond acceptors (Lipinski definition) is 6. The Morgan fingerprint density at radius 2 is 1.84 bits per heavy atom. The van der Waals surface area contributed by atoms with Crippen molar-refractivity contribution in [3.63, 3.8) is 0 Å². The average molecular weight is 440 g/mol. The Bertz CT molecular complexity index is 1170. The Morgan fingerprint density at radius 3 is 2.52 bits per heavy atom. The molecule has 8 heteroatoms. The van der Waals surface area contributed by atoms with Crippen molar-refractivity contribution in [3.8, 4) is 0 Å². The smallest absolute Gasteiger partial charge is 0.339 e. The summed E-state index contributed by atoms with van der Waals surface area (Å²) in [6, 6.07) is 16.5. The van der Waals surface area contributed by atoms with Gasteiger partial charge in [0.05, 0.1) is 17.1 Å². The van der Waals surface area contributed by atoms with E-state index in [1.165, 1.54) is 6.20 Å². The number of esters is 1. The van der Waals surface area contributed by atoms with Gasteiger partial charge in [-0.3, -0.25) is 0 Å². The first-order valence-electron chi connectivity index (χ1n) is 10.4. The molecule has 0 bridgehead atoms. The molecule has 1 aromatic heterocycles. The molecule has 1 saturated heterocycles. The maximum atomic E-state index is 13.1. The standard InChI is InChI=1S/C23H25N3O4S/c1-2-30-23(27)19-8-10-22(24-16-19)25-20-11-13-26(14-12-20)31(28,29)21-9-7-17-5-3-4-6-18(17)15-21/h3-10,15-16,20H,2,11-14H2,1H3,(H,24,25). The summed E-state index contributed by atoms with van der Waals surface area (Å²) < 4.78 is 32.7. The van der Waals surface area contributed by atoms with Crippen LogP contribution < -0.4 is 5.32 Å². The van der Waals surface area contributed by atoms with E-state index in [4.69, 9.17) is 4.74 Å². The highest BCUT2D eigenvalue weighted by molar-refractivity contribution is 7.89. The molecule has 0 atom stereocenters. The van der Waals surface area contributed by atoms with Gasteiger partial charge in [0.15, 0.2) is 0 Å². The molecule has 3 aromatic rings. The van der Waals surface area contributed by atoms with Crippen LogP contribution in [0.2, 0.25) is 0 Å². The van der Waals surface area contributed by atoms with Crippen LogP contribution in [0.1, 0.15) is 30.1 Å². The largest absolute Gasteiger partial charge is 0.462 e. The molecule has 1 aliphatic rings. The Kier molecular flexibility index (Phi) is 6.20. The number of nitrogens with one attached hydrogen (secondary N) is 1. The summed E-state index contributed by atoms with van der Waals surface area (Å²) in [6.45, 7) is 2.95. The second kappa shape index (κ2) is 9.03. The number of sulfonamides is 1. The van der Waals surface area contributed by atoms with Crippen molar-refractivity contribution < 1.29 is 17.9 Å². The van der Waals surface area contributed by atoms with Gasteiger partial charge in [0.2, 0.25) is 10.0 Å². The number of anilines is 1. The monoisotopic (exact) mass is 439 g/mol. The number of carbonyl (C=O) groups is 1. The minimum atomic E-state index is -3.53. The number of rotatable bonds is 6. The highest BCUT2D eigenvalue weighted by Gasteiger charge is 2.29. The maximum absolute atomic E-state index is 13.1. The predicted octanol–water partition coefficient (Wildman–Crippen LogP) is 3.68. The van der Waals surface area contributed by atoms with E-state index in [1.807, 2.05) is 30.3 Å². The Hall–Kier alpha value is -2.97. The molecule has 0 amide bonds. The van der Waals surface area contributed by atoms with E-state index in [9.17, 15) is 13.2 Å². The van der Waals surface area contributed by atoms with Gasteiger partial charge < -0.3 is 10.1 Å². The second-order valence-corrected chi connectivity index (χ2v) is 9.42. The van der Waals surface area contributed by atoms with Crippen LogP contribution >= 0.6 is 0 Å². The van der Waals surface area contributed by atoms with Gasteiger partial charge in [-0.1, -0.05) is 30.3 Å². The number of aromatic nitrogens is 1. The summed E-state index contributed by atoms with van der Waals surface area (Å²) in [5.74, 6) is 0.262. The minimum absolute atomic E-state index is 0.115. The second-order valence-electron chi connectivity index (χ2n) is 7.48. The van der Waals surface area contributed by atoms with Crippen LogP contribution in [0, 0.1) is 0 Å². The molecule has 1 N–H and O–H groups in total. The first-order chi connectivity index (χ1) is 15.0. The van der Waals surface area contributed by atoms with Crippen molar-refractivity contribution in [2.45, 2.75) is 30.7 Å². The van der Waals surface area contributed by atoms with Crippen LogP contribution in [-0.4, -0.2) is 49.4 Å². The Labute approximate surface area is 182 Å². The van der Waals surface area contributed by atoms with Crippen LogP contribution in [-0.2, 0) is 14.8 Å². The number of hydrogen-bond donors (Lipinski definition) is 1. The lowest BCUT2D eigenvalue weighted by atomic mass is 10.1. The Balaban J connectivity index is 1.38. The van der Waals surface area contributed by atoms with Crippen LogP contribution in [0.3, 0.4) is 0 Å². The van der Waals surface area contributed by atoms with E-state index >= 15 is 0 Å². The zero-order valence-corrected chi connectivity index (χ0v) is 18.1. The van der Waals surface area contributed by atoms with Crippen LogP contribution in [0.15, 0.2) is 65.7 Å². The minimum Gasteiger partial charge on any atom is -0.462 e. The summed E-state index contributed by atoms with van der Waals surface area (Å²) in [4.78, 5) is 16.3. The van der Waals surface area contributed by atoms with Crippen molar-refractivity contribution in [2.75, 3.05) is 25.0 Å². The van der Waals surface area contributed by atoms with Gasteiger partial charge in [-0.15, -0.1) is 0 Å². The van der Waals surface area contributed by atoms with Gasteiger partial charge in [0, 0.05) is 25.3 Å². The molecule has 0 saturated carbocycles. The van der Waals surface area contributed by atoms with E-state index in [1.54, 1.807) is 35.5 Å². The number of fused-ring (bicyclic) bond motifs is 1. The molecule has 4 rings (SSSR count). The topological polar surface area (TPSA) is 88.6 Å². The quantitative estimate of drug-likeness (QED) is 0.590. The van der Waals surface area contributed by atoms with Crippen molar-refractivity contribution in [3.05, 3.63) is 66.4 Å². The van der Waals surface area contributed by atoms with Crippen LogP contribution in [0.25, 0.3) is 10.8 Å². The zero-order valence-electron chi connectivity index (χ0n) is 17.3. The maximum Gasteiger partial charge on any atom is 0.339 e. The number of piperidine rings is 1. The van der Waals surface area contributed by atoms with Gasteiger partial charge in [-0.2, -0.15) is 4.31 Å². The number of benzene rings is 2. The Morgan fingerprint density at radius 1 is 1.10 bits per heavy atom. The lowest BCUT2D eigenvalue weighted by Gasteiger charge is -2.32. The fraction of sp³-hybridized carbons (Fsp3) is 0.304. The van der Waals surface area contributed by atoms with Crippen molar-refractivity contribution >= 4 is 32.6 Å². The summed E-state index contributed by atoms with van der Waals surface area (Å²) in [5.41, 5.74) is 0.406. The van der Waals surface area contributed by atoms with Gasteiger partial charge in [0.1, 0.15) is 5.82 Å². The van der Waals surface area contributed by atoms with Crippen molar-refractivity contribution in [1.29, 1.82) is 0 Å². The number of nitrogens with zero attached hydrogens (tertiary/aromatic N) is 2. The number of pyridine rings is 1. The molecular weight excluding hydrogens is 414 g/mol. The van der Waals surface area contributed by atoms with E-state index in [2.05, 4.69) is 10.3 Å². The predicted molar refractivity (Wildman–Crippen MR) is 120 cm³/mol. The van der Waals surface area contributed by atoms with Gasteiger partial charge >= 0.3 is 5.97 Å². The van der Waals surface area contributed by atoms with E-state index in [-0.39, 0.29) is 6.04 Å². The third kappa shape index (κ3) is 4.70. The zero-order chi connectivity index (χ0) is 21.8. The first kappa shape index (κ1) is 21.3.